The summed E-state index contributed by atoms with van der Waals surface area (Å²) in [7, 11) is -3.70. The fourth-order valence-corrected chi connectivity index (χ4v) is 5.04. The van der Waals surface area contributed by atoms with Crippen LogP contribution in [0.15, 0.2) is 77.0 Å². The van der Waals surface area contributed by atoms with Crippen molar-refractivity contribution in [2.24, 2.45) is 0 Å². The number of hydrogen-bond acceptors (Lipinski definition) is 3. The van der Waals surface area contributed by atoms with Crippen LogP contribution < -0.4 is 0 Å². The average Bonchev–Trinajstić information content (AvgIpc) is 2.71. The van der Waals surface area contributed by atoms with Crippen LogP contribution in [0.2, 0.25) is 0 Å². The summed E-state index contributed by atoms with van der Waals surface area (Å²) in [5, 5.41) is 12.5. The van der Waals surface area contributed by atoms with Crippen LogP contribution in [-0.2, 0) is 20.7 Å². The summed E-state index contributed by atoms with van der Waals surface area (Å²) in [6.45, 7) is 14.2. The number of sulfone groups is 1. The highest BCUT2D eigenvalue weighted by Gasteiger charge is 2.28. The van der Waals surface area contributed by atoms with Gasteiger partial charge in [0.2, 0.25) is 0 Å². The number of rotatable bonds is 4. The number of aromatic hydroxyl groups is 1. The van der Waals surface area contributed by atoms with Crippen molar-refractivity contribution < 1.29 is 13.5 Å². The number of aryl methyl sites for hydroxylation is 1. The van der Waals surface area contributed by atoms with E-state index in [2.05, 4.69) is 0 Å². The third-order valence-corrected chi connectivity index (χ3v) is 7.22. The predicted molar refractivity (Wildman–Crippen MR) is 137 cm³/mol. The molecule has 3 rings (SSSR count). The zero-order valence-corrected chi connectivity index (χ0v) is 21.4. The van der Waals surface area contributed by atoms with Gasteiger partial charge in [-0.15, -0.1) is 0 Å². The van der Waals surface area contributed by atoms with Gasteiger partial charge in [-0.3, -0.25) is 0 Å². The molecule has 0 spiro atoms. The molecule has 0 saturated carbocycles. The summed E-state index contributed by atoms with van der Waals surface area (Å²) in [6.07, 6.45) is 0. The maximum atomic E-state index is 13.4. The molecule has 3 nitrogen and oxygen atoms in total. The normalized spacial score (nSPS) is 13.2. The lowest BCUT2D eigenvalue weighted by molar-refractivity contribution is 0.423. The van der Waals surface area contributed by atoms with E-state index >= 15 is 0 Å². The molecule has 0 atom stereocenters. The van der Waals surface area contributed by atoms with Crippen molar-refractivity contribution in [3.05, 3.63) is 100.0 Å². The van der Waals surface area contributed by atoms with E-state index in [9.17, 15) is 13.5 Å². The molecular formula is C29H34O3S. The Morgan fingerprint density at radius 2 is 1.24 bits per heavy atom. The van der Waals surface area contributed by atoms with Gasteiger partial charge in [-0.05, 0) is 53.1 Å². The van der Waals surface area contributed by atoms with Gasteiger partial charge in [0.1, 0.15) is 5.75 Å². The maximum absolute atomic E-state index is 13.4. The van der Waals surface area contributed by atoms with Gasteiger partial charge >= 0.3 is 0 Å². The second-order valence-corrected chi connectivity index (χ2v) is 12.5. The Balaban J connectivity index is 2.36. The molecule has 3 aromatic rings. The van der Waals surface area contributed by atoms with Gasteiger partial charge in [0.25, 0.3) is 0 Å². The quantitative estimate of drug-likeness (QED) is 0.447. The fraction of sp³-hybridized carbons (Fsp3) is 0.310. The molecule has 4 heteroatoms. The van der Waals surface area contributed by atoms with Crippen molar-refractivity contribution in [2.75, 3.05) is 0 Å². The lowest BCUT2D eigenvalue weighted by atomic mass is 9.77. The van der Waals surface area contributed by atoms with E-state index in [-0.39, 0.29) is 21.5 Å². The summed E-state index contributed by atoms with van der Waals surface area (Å²) in [4.78, 5) is 0.257. The Kier molecular flexibility index (Phi) is 6.63. The standard InChI is InChI=1S/C29H34O3S/c1-20-13-15-23(16-14-20)33(31,32)19-24(21-11-9-8-10-12-21)22-17-25(28(2,3)4)27(30)26(18-22)29(5,6)7/h8-19,30H,1-7H3/b24-19-. The molecule has 0 fully saturated rings. The van der Waals surface area contributed by atoms with Crippen LogP contribution in [0.5, 0.6) is 5.75 Å². The lowest BCUT2D eigenvalue weighted by Crippen LogP contribution is -2.18. The van der Waals surface area contributed by atoms with E-state index in [4.69, 9.17) is 0 Å². The van der Waals surface area contributed by atoms with Crippen molar-refractivity contribution in [1.82, 2.24) is 0 Å². The first-order valence-corrected chi connectivity index (χ1v) is 12.7. The smallest absolute Gasteiger partial charge is 0.200 e. The highest BCUT2D eigenvalue weighted by Crippen LogP contribution is 2.42. The van der Waals surface area contributed by atoms with E-state index in [1.807, 2.05) is 90.9 Å². The van der Waals surface area contributed by atoms with Crippen LogP contribution in [0, 0.1) is 6.92 Å². The first-order chi connectivity index (χ1) is 15.2. The van der Waals surface area contributed by atoms with Gasteiger partial charge in [0.15, 0.2) is 9.84 Å². The van der Waals surface area contributed by atoms with Crippen LogP contribution >= 0.6 is 0 Å². The number of benzene rings is 3. The minimum absolute atomic E-state index is 0.257. The SMILES string of the molecule is Cc1ccc(S(=O)(=O)/C=C(/c2ccccc2)c2cc(C(C)(C)C)c(O)c(C(C)(C)C)c2)cc1. The van der Waals surface area contributed by atoms with E-state index in [1.165, 1.54) is 5.41 Å². The first kappa shape index (κ1) is 24.8. The second-order valence-electron chi connectivity index (χ2n) is 10.7. The molecule has 0 bridgehead atoms. The number of phenols is 1. The van der Waals surface area contributed by atoms with Crippen LogP contribution in [0.3, 0.4) is 0 Å². The molecule has 0 amide bonds. The third-order valence-electron chi connectivity index (χ3n) is 5.74. The molecule has 0 radical (unpaired) electrons. The summed E-state index contributed by atoms with van der Waals surface area (Å²) in [5.74, 6) is 0.271. The van der Waals surface area contributed by atoms with Crippen molar-refractivity contribution in [3.63, 3.8) is 0 Å². The Labute approximate surface area is 198 Å². The Morgan fingerprint density at radius 3 is 1.70 bits per heavy atom. The largest absolute Gasteiger partial charge is 0.507 e. The molecule has 174 valence electrons. The van der Waals surface area contributed by atoms with E-state index in [1.54, 1.807) is 24.3 Å². The van der Waals surface area contributed by atoms with Crippen molar-refractivity contribution in [2.45, 2.75) is 64.2 Å². The van der Waals surface area contributed by atoms with Crippen LogP contribution in [0.4, 0.5) is 0 Å². The third kappa shape index (κ3) is 5.56. The first-order valence-electron chi connectivity index (χ1n) is 11.2. The summed E-state index contributed by atoms with van der Waals surface area (Å²) < 4.78 is 26.8. The zero-order chi connectivity index (χ0) is 24.6. The summed E-state index contributed by atoms with van der Waals surface area (Å²) in [5.41, 5.74) is 4.12. The van der Waals surface area contributed by atoms with Crippen molar-refractivity contribution in [3.8, 4) is 5.75 Å². The lowest BCUT2D eigenvalue weighted by Gasteiger charge is -2.28. The van der Waals surface area contributed by atoms with Gasteiger partial charge < -0.3 is 5.11 Å². The monoisotopic (exact) mass is 462 g/mol. The minimum atomic E-state index is -3.70. The molecule has 0 aliphatic heterocycles. The fourth-order valence-electron chi connectivity index (χ4n) is 3.81. The molecule has 0 aliphatic rings. The minimum Gasteiger partial charge on any atom is -0.507 e. The molecule has 0 aromatic heterocycles. The van der Waals surface area contributed by atoms with Crippen LogP contribution in [-0.4, -0.2) is 13.5 Å². The van der Waals surface area contributed by atoms with Gasteiger partial charge in [-0.25, -0.2) is 8.42 Å². The Hall–Kier alpha value is -2.85. The highest BCUT2D eigenvalue weighted by atomic mass is 32.2. The molecular weight excluding hydrogens is 428 g/mol. The van der Waals surface area contributed by atoms with Gasteiger partial charge in [-0.1, -0.05) is 89.6 Å². The summed E-state index contributed by atoms with van der Waals surface area (Å²) >= 11 is 0. The number of phenolic OH excluding ortho intramolecular Hbond substituents is 1. The predicted octanol–water partition coefficient (Wildman–Crippen LogP) is 7.16. The molecule has 0 heterocycles. The van der Waals surface area contributed by atoms with Crippen molar-refractivity contribution in [1.29, 1.82) is 0 Å². The molecule has 1 N–H and O–H groups in total. The molecule has 3 aromatic carbocycles. The van der Waals surface area contributed by atoms with Gasteiger partial charge in [0.05, 0.1) is 4.90 Å². The zero-order valence-electron chi connectivity index (χ0n) is 20.6. The van der Waals surface area contributed by atoms with Gasteiger partial charge in [-0.2, -0.15) is 0 Å². The van der Waals surface area contributed by atoms with E-state index in [0.717, 1.165) is 27.8 Å². The van der Waals surface area contributed by atoms with E-state index < -0.39 is 9.84 Å². The Bertz CT molecular complexity index is 1230. The highest BCUT2D eigenvalue weighted by molar-refractivity contribution is 7.94. The van der Waals surface area contributed by atoms with Crippen LogP contribution in [0.1, 0.15) is 69.4 Å². The molecule has 33 heavy (non-hydrogen) atoms. The van der Waals surface area contributed by atoms with Crippen LogP contribution in [0.25, 0.3) is 5.57 Å². The maximum Gasteiger partial charge on any atom is 0.200 e. The molecule has 0 unspecified atom stereocenters. The second kappa shape index (κ2) is 8.83. The topological polar surface area (TPSA) is 54.4 Å². The van der Waals surface area contributed by atoms with E-state index in [0.29, 0.717) is 5.57 Å². The molecule has 0 aliphatic carbocycles. The summed E-state index contributed by atoms with van der Waals surface area (Å²) in [6, 6.07) is 20.3. The Morgan fingerprint density at radius 1 is 0.758 bits per heavy atom. The molecule has 0 saturated heterocycles. The van der Waals surface area contributed by atoms with Gasteiger partial charge in [0, 0.05) is 22.1 Å². The number of hydrogen-bond donors (Lipinski definition) is 1. The average molecular weight is 463 g/mol. The van der Waals surface area contributed by atoms with Crippen molar-refractivity contribution >= 4 is 15.4 Å².